The van der Waals surface area contributed by atoms with Crippen LogP contribution >= 0.6 is 23.6 Å². The van der Waals surface area contributed by atoms with Gasteiger partial charge in [-0.3, -0.25) is 0 Å². The average Bonchev–Trinajstić information content (AvgIpc) is 2.91. The summed E-state index contributed by atoms with van der Waals surface area (Å²) >= 11 is 6.74. The number of nitrogens with zero attached hydrogens (tertiary/aromatic N) is 1. The van der Waals surface area contributed by atoms with Gasteiger partial charge in [-0.25, -0.2) is 9.37 Å². The first-order valence-corrected chi connectivity index (χ1v) is 8.23. The fourth-order valence-electron chi connectivity index (χ4n) is 2.01. The Morgan fingerprint density at radius 2 is 2.00 bits per heavy atom. The van der Waals surface area contributed by atoms with Crippen LogP contribution in [0.15, 0.2) is 42.5 Å². The third-order valence-electron chi connectivity index (χ3n) is 2.99. The Hall–Kier alpha value is -2.25. The van der Waals surface area contributed by atoms with E-state index in [1.807, 2.05) is 25.1 Å². The largest absolute Gasteiger partial charge is 0.494 e. The van der Waals surface area contributed by atoms with Gasteiger partial charge >= 0.3 is 0 Å². The summed E-state index contributed by atoms with van der Waals surface area (Å²) in [6, 6.07) is 11.8. The van der Waals surface area contributed by atoms with Gasteiger partial charge in [0.15, 0.2) is 10.2 Å². The minimum absolute atomic E-state index is 0.286. The van der Waals surface area contributed by atoms with Gasteiger partial charge < -0.3 is 15.4 Å². The minimum Gasteiger partial charge on any atom is -0.494 e. The van der Waals surface area contributed by atoms with Gasteiger partial charge in [-0.2, -0.15) is 0 Å². The molecule has 0 aliphatic heterocycles. The monoisotopic (exact) mass is 347 g/mol. The lowest BCUT2D eigenvalue weighted by atomic mass is 10.3. The highest BCUT2D eigenvalue weighted by molar-refractivity contribution is 7.80. The quantitative estimate of drug-likeness (QED) is 0.673. The number of nitrogens with one attached hydrogen (secondary N) is 2. The summed E-state index contributed by atoms with van der Waals surface area (Å²) < 4.78 is 19.4. The molecule has 0 unspecified atom stereocenters. The fraction of sp³-hybridized carbons (Fsp3) is 0.125. The van der Waals surface area contributed by atoms with E-state index in [0.717, 1.165) is 16.0 Å². The fourth-order valence-corrected chi connectivity index (χ4v) is 3.19. The number of hydrogen-bond donors (Lipinski definition) is 2. The summed E-state index contributed by atoms with van der Waals surface area (Å²) in [6.07, 6.45) is 0. The number of thiazole rings is 1. The van der Waals surface area contributed by atoms with Crippen molar-refractivity contribution in [3.8, 4) is 5.75 Å². The SMILES string of the molecule is CCOc1ccc2nc(NC(=S)Nc3ccc(F)cc3)sc2c1. The van der Waals surface area contributed by atoms with Crippen molar-refractivity contribution in [1.29, 1.82) is 0 Å². The molecule has 0 aliphatic carbocycles. The van der Waals surface area contributed by atoms with E-state index in [2.05, 4.69) is 15.6 Å². The Morgan fingerprint density at radius 3 is 2.74 bits per heavy atom. The van der Waals surface area contributed by atoms with E-state index in [1.54, 1.807) is 12.1 Å². The molecule has 0 saturated carbocycles. The van der Waals surface area contributed by atoms with Gasteiger partial charge in [0.25, 0.3) is 0 Å². The molecule has 0 saturated heterocycles. The van der Waals surface area contributed by atoms with E-state index in [9.17, 15) is 4.39 Å². The van der Waals surface area contributed by atoms with E-state index < -0.39 is 0 Å². The molecule has 2 N–H and O–H groups in total. The summed E-state index contributed by atoms with van der Waals surface area (Å²) in [7, 11) is 0. The van der Waals surface area contributed by atoms with Crippen LogP contribution < -0.4 is 15.4 Å². The van der Waals surface area contributed by atoms with Crippen molar-refractivity contribution in [2.45, 2.75) is 6.92 Å². The maximum absolute atomic E-state index is 12.9. The predicted molar refractivity (Wildman–Crippen MR) is 97.0 cm³/mol. The molecule has 0 fully saturated rings. The van der Waals surface area contributed by atoms with E-state index in [-0.39, 0.29) is 5.82 Å². The molecule has 7 heteroatoms. The molecular formula is C16H14FN3OS2. The lowest BCUT2D eigenvalue weighted by Gasteiger charge is -2.07. The van der Waals surface area contributed by atoms with Crippen LogP contribution in [0.1, 0.15) is 6.92 Å². The lowest BCUT2D eigenvalue weighted by Crippen LogP contribution is -2.18. The normalized spacial score (nSPS) is 10.5. The standard InChI is InChI=1S/C16H14FN3OS2/c1-2-21-12-7-8-13-14(9-12)23-16(19-13)20-15(22)18-11-5-3-10(17)4-6-11/h3-9H,2H2,1H3,(H2,18,19,20,22). The highest BCUT2D eigenvalue weighted by Gasteiger charge is 2.07. The van der Waals surface area contributed by atoms with E-state index >= 15 is 0 Å². The second-order valence-electron chi connectivity index (χ2n) is 4.67. The maximum Gasteiger partial charge on any atom is 0.190 e. The zero-order valence-corrected chi connectivity index (χ0v) is 13.9. The molecule has 23 heavy (non-hydrogen) atoms. The van der Waals surface area contributed by atoms with Crippen LogP contribution in [0.2, 0.25) is 0 Å². The first kappa shape index (κ1) is 15.6. The minimum atomic E-state index is -0.286. The molecule has 118 valence electrons. The molecule has 0 spiro atoms. The zero-order chi connectivity index (χ0) is 16.2. The average molecular weight is 347 g/mol. The van der Waals surface area contributed by atoms with Gasteiger partial charge in [-0.15, -0.1) is 0 Å². The van der Waals surface area contributed by atoms with Crippen molar-refractivity contribution in [2.75, 3.05) is 17.2 Å². The van der Waals surface area contributed by atoms with Crippen molar-refractivity contribution < 1.29 is 9.13 Å². The van der Waals surface area contributed by atoms with Crippen molar-refractivity contribution in [3.05, 3.63) is 48.3 Å². The molecule has 1 aromatic heterocycles. The van der Waals surface area contributed by atoms with Gasteiger partial charge in [-0.05, 0) is 61.6 Å². The third kappa shape index (κ3) is 3.94. The molecule has 3 rings (SSSR count). The Morgan fingerprint density at radius 1 is 1.22 bits per heavy atom. The molecule has 4 nitrogen and oxygen atoms in total. The number of halogens is 1. The van der Waals surface area contributed by atoms with Crippen molar-refractivity contribution in [1.82, 2.24) is 4.98 Å². The molecule has 3 aromatic rings. The van der Waals surface area contributed by atoms with E-state index in [4.69, 9.17) is 17.0 Å². The number of benzene rings is 2. The van der Waals surface area contributed by atoms with Crippen molar-refractivity contribution in [3.63, 3.8) is 0 Å². The van der Waals surface area contributed by atoms with Crippen LogP contribution in [0.5, 0.6) is 5.75 Å². The first-order chi connectivity index (χ1) is 11.1. The molecule has 0 bridgehead atoms. The van der Waals surface area contributed by atoms with Crippen LogP contribution in [-0.4, -0.2) is 16.7 Å². The van der Waals surface area contributed by atoms with Gasteiger partial charge in [0.2, 0.25) is 0 Å². The number of anilines is 2. The third-order valence-corrected chi connectivity index (χ3v) is 4.13. The number of thiocarbonyl (C=S) groups is 1. The highest BCUT2D eigenvalue weighted by atomic mass is 32.1. The molecule has 0 radical (unpaired) electrons. The number of hydrogen-bond acceptors (Lipinski definition) is 4. The smallest absolute Gasteiger partial charge is 0.190 e. The van der Waals surface area contributed by atoms with Crippen molar-refractivity contribution >= 4 is 49.7 Å². The van der Waals surface area contributed by atoms with Crippen LogP contribution in [0, 0.1) is 5.82 Å². The number of ether oxygens (including phenoxy) is 1. The van der Waals surface area contributed by atoms with Gasteiger partial charge in [0.05, 0.1) is 16.8 Å². The van der Waals surface area contributed by atoms with Crippen LogP contribution in [0.25, 0.3) is 10.2 Å². The second kappa shape index (κ2) is 6.89. The predicted octanol–water partition coefficient (Wildman–Crippen LogP) is 4.64. The Bertz CT molecular complexity index is 833. The molecule has 0 atom stereocenters. The first-order valence-electron chi connectivity index (χ1n) is 7.01. The number of aromatic nitrogens is 1. The molecule has 1 heterocycles. The summed E-state index contributed by atoms with van der Waals surface area (Å²) in [4.78, 5) is 4.47. The second-order valence-corrected chi connectivity index (χ2v) is 6.11. The van der Waals surface area contributed by atoms with E-state index in [0.29, 0.717) is 22.5 Å². The highest BCUT2D eigenvalue weighted by Crippen LogP contribution is 2.29. The van der Waals surface area contributed by atoms with Crippen molar-refractivity contribution in [2.24, 2.45) is 0 Å². The van der Waals surface area contributed by atoms with Crippen LogP contribution in [0.4, 0.5) is 15.2 Å². The van der Waals surface area contributed by atoms with Crippen LogP contribution in [-0.2, 0) is 0 Å². The summed E-state index contributed by atoms with van der Waals surface area (Å²) in [6.45, 7) is 2.57. The number of fused-ring (bicyclic) bond motifs is 1. The van der Waals surface area contributed by atoms with E-state index in [1.165, 1.54) is 23.5 Å². The summed E-state index contributed by atoms with van der Waals surface area (Å²) in [5.74, 6) is 0.535. The Balaban J connectivity index is 1.70. The maximum atomic E-state index is 12.9. The molecule has 0 aliphatic rings. The zero-order valence-electron chi connectivity index (χ0n) is 12.3. The van der Waals surface area contributed by atoms with Gasteiger partial charge in [0.1, 0.15) is 11.6 Å². The molecule has 2 aromatic carbocycles. The Labute approximate surface area is 142 Å². The van der Waals surface area contributed by atoms with Gasteiger partial charge in [0, 0.05) is 5.69 Å². The van der Waals surface area contributed by atoms with Gasteiger partial charge in [-0.1, -0.05) is 11.3 Å². The summed E-state index contributed by atoms with van der Waals surface area (Å²) in [5.41, 5.74) is 1.59. The lowest BCUT2D eigenvalue weighted by molar-refractivity contribution is 0.341. The summed E-state index contributed by atoms with van der Waals surface area (Å²) in [5, 5.41) is 7.12. The molecule has 0 amide bonds. The Kier molecular flexibility index (Phi) is 4.68. The van der Waals surface area contributed by atoms with Crippen LogP contribution in [0.3, 0.4) is 0 Å². The number of rotatable bonds is 4. The molecular weight excluding hydrogens is 333 g/mol. The topological polar surface area (TPSA) is 46.2 Å².